The fraction of sp³-hybridized carbons (Fsp3) is 0.800. The molecule has 1 fully saturated rings. The number of hydrogen-bond acceptors (Lipinski definition) is 6. The fourth-order valence-electron chi connectivity index (χ4n) is 1.68. The van der Waals surface area contributed by atoms with Crippen molar-refractivity contribution in [1.82, 2.24) is 10.1 Å². The van der Waals surface area contributed by atoms with Crippen molar-refractivity contribution in [3.05, 3.63) is 11.7 Å². The third-order valence-electron chi connectivity index (χ3n) is 2.70. The zero-order chi connectivity index (χ0) is 11.6. The van der Waals surface area contributed by atoms with Gasteiger partial charge in [0.15, 0.2) is 5.82 Å². The van der Waals surface area contributed by atoms with Crippen LogP contribution in [0.25, 0.3) is 0 Å². The Hall–Kier alpha value is -0.980. The van der Waals surface area contributed by atoms with E-state index in [4.69, 9.17) is 19.7 Å². The lowest BCUT2D eigenvalue weighted by molar-refractivity contribution is 0.0683. The number of ether oxygens (including phenoxy) is 2. The van der Waals surface area contributed by atoms with Crippen LogP contribution in [0, 0.1) is 0 Å². The van der Waals surface area contributed by atoms with E-state index in [9.17, 15) is 0 Å². The van der Waals surface area contributed by atoms with Crippen LogP contribution in [0.4, 0.5) is 0 Å². The van der Waals surface area contributed by atoms with E-state index in [0.29, 0.717) is 38.0 Å². The summed E-state index contributed by atoms with van der Waals surface area (Å²) in [7, 11) is 0. The minimum atomic E-state index is -0.628. The highest BCUT2D eigenvalue weighted by Gasteiger charge is 2.38. The monoisotopic (exact) mass is 227 g/mol. The molecule has 0 spiro atoms. The topological polar surface area (TPSA) is 83.4 Å². The highest BCUT2D eigenvalue weighted by molar-refractivity contribution is 5.05. The predicted octanol–water partition coefficient (Wildman–Crippen LogP) is 0.741. The van der Waals surface area contributed by atoms with Crippen LogP contribution in [0.1, 0.15) is 38.1 Å². The summed E-state index contributed by atoms with van der Waals surface area (Å²) < 4.78 is 15.8. The average Bonchev–Trinajstić information content (AvgIpc) is 2.86. The molecular formula is C10H17N3O3. The van der Waals surface area contributed by atoms with Gasteiger partial charge in [0.1, 0.15) is 11.6 Å². The zero-order valence-corrected chi connectivity index (χ0v) is 9.60. The van der Waals surface area contributed by atoms with Crippen molar-refractivity contribution in [2.24, 2.45) is 5.73 Å². The minimum Gasteiger partial charge on any atom is -0.379 e. The van der Waals surface area contributed by atoms with Crippen molar-refractivity contribution in [2.45, 2.75) is 31.9 Å². The fourth-order valence-corrected chi connectivity index (χ4v) is 1.68. The van der Waals surface area contributed by atoms with Gasteiger partial charge in [0.2, 0.25) is 5.89 Å². The van der Waals surface area contributed by atoms with Crippen molar-refractivity contribution in [2.75, 3.05) is 19.8 Å². The van der Waals surface area contributed by atoms with E-state index in [0.717, 1.165) is 0 Å². The highest BCUT2D eigenvalue weighted by Crippen LogP contribution is 2.27. The van der Waals surface area contributed by atoms with E-state index in [-0.39, 0.29) is 6.10 Å². The molecule has 2 rings (SSSR count). The molecular weight excluding hydrogens is 210 g/mol. The van der Waals surface area contributed by atoms with E-state index in [2.05, 4.69) is 10.1 Å². The Morgan fingerprint density at radius 3 is 3.06 bits per heavy atom. The first-order valence-corrected chi connectivity index (χ1v) is 5.48. The molecule has 1 aliphatic rings. The van der Waals surface area contributed by atoms with Crippen molar-refractivity contribution in [3.63, 3.8) is 0 Å². The van der Waals surface area contributed by atoms with E-state index >= 15 is 0 Å². The van der Waals surface area contributed by atoms with Crippen LogP contribution < -0.4 is 5.73 Å². The van der Waals surface area contributed by atoms with Crippen molar-refractivity contribution in [3.8, 4) is 0 Å². The third kappa shape index (κ3) is 2.09. The first-order chi connectivity index (χ1) is 7.65. The summed E-state index contributed by atoms with van der Waals surface area (Å²) in [4.78, 5) is 4.27. The SMILES string of the molecule is CCOC(C)c1noc(C2(N)CCOC2)n1. The highest BCUT2D eigenvalue weighted by atomic mass is 16.5. The van der Waals surface area contributed by atoms with E-state index < -0.39 is 5.54 Å². The van der Waals surface area contributed by atoms with Gasteiger partial charge in [0, 0.05) is 13.2 Å². The standard InChI is InChI=1S/C10H17N3O3/c1-3-15-7(2)8-12-9(16-13-8)10(11)4-5-14-6-10/h7H,3-6,11H2,1-2H3. The number of nitrogens with zero attached hydrogens (tertiary/aromatic N) is 2. The van der Waals surface area contributed by atoms with Gasteiger partial charge in [-0.05, 0) is 20.3 Å². The van der Waals surface area contributed by atoms with Gasteiger partial charge < -0.3 is 19.7 Å². The molecule has 1 aliphatic heterocycles. The lowest BCUT2D eigenvalue weighted by Gasteiger charge is -2.15. The smallest absolute Gasteiger partial charge is 0.249 e. The van der Waals surface area contributed by atoms with Crippen LogP contribution in [0.3, 0.4) is 0 Å². The van der Waals surface area contributed by atoms with Gasteiger partial charge >= 0.3 is 0 Å². The first-order valence-electron chi connectivity index (χ1n) is 5.48. The molecule has 2 N–H and O–H groups in total. The summed E-state index contributed by atoms with van der Waals surface area (Å²) in [5.41, 5.74) is 5.48. The molecule has 16 heavy (non-hydrogen) atoms. The Balaban J connectivity index is 2.12. The summed E-state index contributed by atoms with van der Waals surface area (Å²) in [6.45, 7) is 5.48. The van der Waals surface area contributed by atoms with Gasteiger partial charge in [-0.25, -0.2) is 0 Å². The van der Waals surface area contributed by atoms with Crippen LogP contribution in [-0.2, 0) is 15.0 Å². The second-order valence-electron chi connectivity index (χ2n) is 4.01. The molecule has 1 saturated heterocycles. The van der Waals surface area contributed by atoms with E-state index in [1.807, 2.05) is 13.8 Å². The molecule has 6 nitrogen and oxygen atoms in total. The maximum atomic E-state index is 6.11. The molecule has 0 bridgehead atoms. The Morgan fingerprint density at radius 1 is 1.62 bits per heavy atom. The van der Waals surface area contributed by atoms with Crippen LogP contribution in [-0.4, -0.2) is 30.0 Å². The molecule has 0 radical (unpaired) electrons. The van der Waals surface area contributed by atoms with Crippen LogP contribution in [0.5, 0.6) is 0 Å². The quantitative estimate of drug-likeness (QED) is 0.816. The molecule has 1 aromatic rings. The molecule has 0 aliphatic carbocycles. The van der Waals surface area contributed by atoms with E-state index in [1.165, 1.54) is 0 Å². The van der Waals surface area contributed by atoms with Gasteiger partial charge in [0.05, 0.1) is 6.61 Å². The normalized spacial score (nSPS) is 27.2. The number of aromatic nitrogens is 2. The Labute approximate surface area is 94.1 Å². The Morgan fingerprint density at radius 2 is 2.44 bits per heavy atom. The Kier molecular flexibility index (Phi) is 3.22. The average molecular weight is 227 g/mol. The number of hydrogen-bond donors (Lipinski definition) is 1. The van der Waals surface area contributed by atoms with Crippen molar-refractivity contribution >= 4 is 0 Å². The zero-order valence-electron chi connectivity index (χ0n) is 9.60. The molecule has 1 aromatic heterocycles. The lowest BCUT2D eigenvalue weighted by atomic mass is 10.0. The van der Waals surface area contributed by atoms with Gasteiger partial charge in [-0.2, -0.15) is 4.98 Å². The van der Waals surface area contributed by atoms with E-state index in [1.54, 1.807) is 0 Å². The molecule has 0 aromatic carbocycles. The second-order valence-corrected chi connectivity index (χ2v) is 4.01. The summed E-state index contributed by atoms with van der Waals surface area (Å²) in [6, 6.07) is 0. The van der Waals surface area contributed by atoms with Crippen LogP contribution in [0.15, 0.2) is 4.52 Å². The summed E-state index contributed by atoms with van der Waals surface area (Å²) in [5.74, 6) is 0.972. The molecule has 2 unspecified atom stereocenters. The largest absolute Gasteiger partial charge is 0.379 e. The van der Waals surface area contributed by atoms with Crippen molar-refractivity contribution < 1.29 is 14.0 Å². The molecule has 0 saturated carbocycles. The predicted molar refractivity (Wildman–Crippen MR) is 55.6 cm³/mol. The molecule has 90 valence electrons. The van der Waals surface area contributed by atoms with Crippen LogP contribution >= 0.6 is 0 Å². The number of nitrogens with two attached hydrogens (primary N) is 1. The van der Waals surface area contributed by atoms with Gasteiger partial charge in [-0.3, -0.25) is 0 Å². The number of rotatable bonds is 4. The van der Waals surface area contributed by atoms with Crippen LogP contribution in [0.2, 0.25) is 0 Å². The molecule has 2 atom stereocenters. The third-order valence-corrected chi connectivity index (χ3v) is 2.70. The molecule has 2 heterocycles. The second kappa shape index (κ2) is 4.48. The summed E-state index contributed by atoms with van der Waals surface area (Å²) >= 11 is 0. The maximum Gasteiger partial charge on any atom is 0.249 e. The van der Waals surface area contributed by atoms with Gasteiger partial charge in [-0.15, -0.1) is 0 Å². The van der Waals surface area contributed by atoms with Gasteiger partial charge in [0.25, 0.3) is 0 Å². The molecule has 0 amide bonds. The van der Waals surface area contributed by atoms with Gasteiger partial charge in [-0.1, -0.05) is 5.16 Å². The minimum absolute atomic E-state index is 0.173. The summed E-state index contributed by atoms with van der Waals surface area (Å²) in [6.07, 6.45) is 0.533. The Bertz CT molecular complexity index is 347. The summed E-state index contributed by atoms with van der Waals surface area (Å²) in [5, 5.41) is 3.88. The molecule has 6 heteroatoms. The lowest BCUT2D eigenvalue weighted by Crippen LogP contribution is -2.37. The van der Waals surface area contributed by atoms with Crippen molar-refractivity contribution in [1.29, 1.82) is 0 Å². The first kappa shape index (κ1) is 11.5. The maximum absolute atomic E-state index is 6.11.